The molecule has 0 radical (unpaired) electrons. The van der Waals surface area contributed by atoms with E-state index in [1.807, 2.05) is 6.92 Å². The molecule has 3 nitrogen and oxygen atoms in total. The number of anilines is 1. The molecule has 0 saturated carbocycles. The molecule has 3 N–H and O–H groups in total. The lowest BCUT2D eigenvalue weighted by molar-refractivity contribution is -0.118. The van der Waals surface area contributed by atoms with E-state index in [1.54, 1.807) is 0 Å². The molecule has 0 bridgehead atoms. The third kappa shape index (κ3) is 3.27. The molecule has 0 aliphatic heterocycles. The number of amides is 1. The molecule has 16 heavy (non-hydrogen) atoms. The van der Waals surface area contributed by atoms with Gasteiger partial charge in [-0.1, -0.05) is 19.1 Å². The van der Waals surface area contributed by atoms with Crippen molar-refractivity contribution in [2.45, 2.75) is 13.3 Å². The molecule has 1 atom stereocenters. The molecule has 1 aromatic rings. The van der Waals surface area contributed by atoms with Crippen LogP contribution in [0.1, 0.15) is 13.3 Å². The molecule has 0 aromatic heterocycles. The molecular weight excluding hydrogens is 227 g/mol. The molecule has 0 saturated heterocycles. The normalized spacial score (nSPS) is 11.9. The number of rotatable bonds is 4. The second-order valence-electron chi connectivity index (χ2n) is 3.36. The van der Waals surface area contributed by atoms with Crippen LogP contribution in [0.5, 0.6) is 0 Å². The molecule has 0 heterocycles. The van der Waals surface area contributed by atoms with Crippen molar-refractivity contribution >= 4 is 28.8 Å². The van der Waals surface area contributed by atoms with E-state index in [1.165, 1.54) is 24.3 Å². The Bertz CT molecular complexity index is 391. The Labute approximate surface area is 98.8 Å². The van der Waals surface area contributed by atoms with Crippen LogP contribution in [0, 0.1) is 11.7 Å². The van der Waals surface area contributed by atoms with E-state index in [0.717, 1.165) is 0 Å². The van der Waals surface area contributed by atoms with Gasteiger partial charge in [-0.15, -0.1) is 0 Å². The maximum atomic E-state index is 12.6. The highest BCUT2D eigenvalue weighted by Crippen LogP contribution is 2.11. The Morgan fingerprint density at radius 2 is 2.06 bits per heavy atom. The lowest BCUT2D eigenvalue weighted by Gasteiger charge is -2.13. The molecule has 1 amide bonds. The third-order valence-electron chi connectivity index (χ3n) is 2.18. The molecular formula is C11H13FN2OS. The van der Waals surface area contributed by atoms with Crippen LogP contribution in [0.25, 0.3) is 0 Å². The van der Waals surface area contributed by atoms with Gasteiger partial charge in [0.25, 0.3) is 0 Å². The van der Waals surface area contributed by atoms with Crippen molar-refractivity contribution in [2.75, 3.05) is 5.32 Å². The van der Waals surface area contributed by atoms with Crippen LogP contribution in [-0.4, -0.2) is 10.9 Å². The van der Waals surface area contributed by atoms with Crippen molar-refractivity contribution in [3.05, 3.63) is 30.1 Å². The maximum Gasteiger partial charge on any atom is 0.234 e. The lowest BCUT2D eigenvalue weighted by Crippen LogP contribution is -2.32. The summed E-state index contributed by atoms with van der Waals surface area (Å²) in [5.41, 5.74) is 5.97. The number of carbonyl (C=O) groups is 1. The zero-order valence-electron chi connectivity index (χ0n) is 8.87. The van der Waals surface area contributed by atoms with Gasteiger partial charge >= 0.3 is 0 Å². The van der Waals surface area contributed by atoms with Crippen molar-refractivity contribution in [1.82, 2.24) is 0 Å². The fourth-order valence-corrected chi connectivity index (χ4v) is 1.55. The largest absolute Gasteiger partial charge is 0.393 e. The van der Waals surface area contributed by atoms with Crippen molar-refractivity contribution in [2.24, 2.45) is 11.7 Å². The van der Waals surface area contributed by atoms with Crippen LogP contribution >= 0.6 is 12.2 Å². The maximum absolute atomic E-state index is 12.6. The van der Waals surface area contributed by atoms with Gasteiger partial charge in [0.05, 0.1) is 10.9 Å². The van der Waals surface area contributed by atoms with Gasteiger partial charge in [0.1, 0.15) is 5.82 Å². The summed E-state index contributed by atoms with van der Waals surface area (Å²) >= 11 is 4.79. The summed E-state index contributed by atoms with van der Waals surface area (Å²) in [4.78, 5) is 11.9. The molecule has 1 rings (SSSR count). The van der Waals surface area contributed by atoms with Gasteiger partial charge in [0.15, 0.2) is 0 Å². The first-order valence-electron chi connectivity index (χ1n) is 4.90. The summed E-state index contributed by atoms with van der Waals surface area (Å²) < 4.78 is 12.6. The minimum Gasteiger partial charge on any atom is -0.393 e. The molecule has 5 heteroatoms. The van der Waals surface area contributed by atoms with E-state index >= 15 is 0 Å². The number of nitrogens with one attached hydrogen (secondary N) is 1. The van der Waals surface area contributed by atoms with Crippen LogP contribution in [0.15, 0.2) is 24.3 Å². The first kappa shape index (κ1) is 12.6. The number of hydrogen-bond donors (Lipinski definition) is 2. The number of halogens is 1. The average Bonchev–Trinajstić information content (AvgIpc) is 2.22. The molecule has 1 unspecified atom stereocenters. The van der Waals surface area contributed by atoms with Crippen LogP contribution in [0.2, 0.25) is 0 Å². The van der Waals surface area contributed by atoms with Crippen LogP contribution in [0.3, 0.4) is 0 Å². The zero-order valence-corrected chi connectivity index (χ0v) is 9.68. The third-order valence-corrected chi connectivity index (χ3v) is 2.46. The summed E-state index contributed by atoms with van der Waals surface area (Å²) in [7, 11) is 0. The number of carbonyl (C=O) groups excluding carboxylic acids is 1. The number of thiocarbonyl (C=S) groups is 1. The first-order chi connectivity index (χ1) is 7.54. The van der Waals surface area contributed by atoms with Gasteiger partial charge in [0, 0.05) is 5.69 Å². The molecule has 1 aromatic carbocycles. The van der Waals surface area contributed by atoms with Crippen LogP contribution in [0.4, 0.5) is 10.1 Å². The van der Waals surface area contributed by atoms with Gasteiger partial charge < -0.3 is 11.1 Å². The summed E-state index contributed by atoms with van der Waals surface area (Å²) in [6.07, 6.45) is 0.544. The SMILES string of the molecule is CCC(C(=O)Nc1ccc(F)cc1)C(N)=S. The number of benzene rings is 1. The zero-order chi connectivity index (χ0) is 12.1. The molecule has 0 aliphatic carbocycles. The van der Waals surface area contributed by atoms with Crippen LogP contribution < -0.4 is 11.1 Å². The Hall–Kier alpha value is -1.49. The van der Waals surface area contributed by atoms with Crippen molar-refractivity contribution < 1.29 is 9.18 Å². The van der Waals surface area contributed by atoms with Gasteiger partial charge in [-0.25, -0.2) is 4.39 Å². The fraction of sp³-hybridized carbons (Fsp3) is 0.273. The average molecular weight is 240 g/mol. The van der Waals surface area contributed by atoms with E-state index in [2.05, 4.69) is 5.32 Å². The predicted molar refractivity (Wildman–Crippen MR) is 65.6 cm³/mol. The molecule has 0 spiro atoms. The highest BCUT2D eigenvalue weighted by atomic mass is 32.1. The first-order valence-corrected chi connectivity index (χ1v) is 5.31. The Morgan fingerprint density at radius 1 is 1.50 bits per heavy atom. The molecule has 0 aliphatic rings. The summed E-state index contributed by atoms with van der Waals surface area (Å²) in [6, 6.07) is 5.52. The minimum absolute atomic E-state index is 0.169. The van der Waals surface area contributed by atoms with E-state index in [0.29, 0.717) is 12.1 Å². The number of hydrogen-bond acceptors (Lipinski definition) is 2. The molecule has 0 fully saturated rings. The standard InChI is InChI=1S/C11H13FN2OS/c1-2-9(10(13)16)11(15)14-8-5-3-7(12)4-6-8/h3-6,9H,2H2,1H3,(H2,13,16)(H,14,15). The highest BCUT2D eigenvalue weighted by Gasteiger charge is 2.18. The Kier molecular flexibility index (Phi) is 4.37. The smallest absolute Gasteiger partial charge is 0.234 e. The Morgan fingerprint density at radius 3 is 2.50 bits per heavy atom. The van der Waals surface area contributed by atoms with Crippen molar-refractivity contribution in [3.8, 4) is 0 Å². The fourth-order valence-electron chi connectivity index (χ4n) is 1.28. The summed E-state index contributed by atoms with van der Waals surface area (Å²) in [5.74, 6) is -1.10. The van der Waals surface area contributed by atoms with Crippen molar-refractivity contribution in [1.29, 1.82) is 0 Å². The van der Waals surface area contributed by atoms with Gasteiger partial charge in [-0.3, -0.25) is 4.79 Å². The summed E-state index contributed by atoms with van der Waals surface area (Å²) in [5, 5.41) is 2.63. The van der Waals surface area contributed by atoms with Gasteiger partial charge in [-0.05, 0) is 30.7 Å². The van der Waals surface area contributed by atoms with E-state index in [-0.39, 0.29) is 16.7 Å². The second kappa shape index (κ2) is 5.55. The highest BCUT2D eigenvalue weighted by molar-refractivity contribution is 7.80. The van der Waals surface area contributed by atoms with Gasteiger partial charge in [0.2, 0.25) is 5.91 Å². The second-order valence-corrected chi connectivity index (χ2v) is 3.83. The topological polar surface area (TPSA) is 55.1 Å². The van der Waals surface area contributed by atoms with E-state index < -0.39 is 5.92 Å². The monoisotopic (exact) mass is 240 g/mol. The summed E-state index contributed by atoms with van der Waals surface area (Å²) in [6.45, 7) is 1.83. The van der Waals surface area contributed by atoms with E-state index in [9.17, 15) is 9.18 Å². The van der Waals surface area contributed by atoms with E-state index in [4.69, 9.17) is 18.0 Å². The minimum atomic E-state index is -0.486. The Balaban J connectivity index is 2.70. The number of nitrogens with two attached hydrogens (primary N) is 1. The lowest BCUT2D eigenvalue weighted by atomic mass is 10.1. The van der Waals surface area contributed by atoms with Crippen molar-refractivity contribution in [3.63, 3.8) is 0 Å². The molecule has 86 valence electrons. The van der Waals surface area contributed by atoms with Crippen LogP contribution in [-0.2, 0) is 4.79 Å². The quantitative estimate of drug-likeness (QED) is 0.792. The predicted octanol–water partition coefficient (Wildman–Crippen LogP) is 2.08. The van der Waals surface area contributed by atoms with Gasteiger partial charge in [-0.2, -0.15) is 0 Å².